The molecule has 3 nitrogen and oxygen atoms in total. The van der Waals surface area contributed by atoms with Crippen LogP contribution in [0.1, 0.15) is 52.4 Å². The quantitative estimate of drug-likeness (QED) is 0.610. The van der Waals surface area contributed by atoms with Crippen LogP contribution >= 0.6 is 0 Å². The van der Waals surface area contributed by atoms with Crippen LogP contribution in [0, 0.1) is 5.92 Å². The molecule has 0 heterocycles. The Morgan fingerprint density at radius 1 is 1.00 bits per heavy atom. The summed E-state index contributed by atoms with van der Waals surface area (Å²) < 4.78 is 11.4. The first-order valence-electron chi connectivity index (χ1n) is 7.69. The molecule has 1 N–H and O–H groups in total. The predicted octanol–water partition coefficient (Wildman–Crippen LogP) is 2.99. The summed E-state index contributed by atoms with van der Waals surface area (Å²) in [5.41, 5.74) is 0. The smallest absolute Gasteiger partial charge is 0.0594 e. The van der Waals surface area contributed by atoms with Gasteiger partial charge >= 0.3 is 0 Å². The van der Waals surface area contributed by atoms with Crippen molar-refractivity contribution in [2.75, 3.05) is 32.9 Å². The largest absolute Gasteiger partial charge is 0.380 e. The van der Waals surface area contributed by atoms with Gasteiger partial charge in [0.1, 0.15) is 0 Å². The Morgan fingerprint density at radius 2 is 1.72 bits per heavy atom. The lowest BCUT2D eigenvalue weighted by molar-refractivity contribution is 0.0294. The van der Waals surface area contributed by atoms with Crippen molar-refractivity contribution in [1.82, 2.24) is 5.32 Å². The van der Waals surface area contributed by atoms with Crippen LogP contribution in [0.15, 0.2) is 0 Å². The molecule has 3 heteroatoms. The van der Waals surface area contributed by atoms with E-state index in [0.29, 0.717) is 6.10 Å². The zero-order valence-corrected chi connectivity index (χ0v) is 12.2. The maximum Gasteiger partial charge on any atom is 0.0594 e. The summed E-state index contributed by atoms with van der Waals surface area (Å²) in [6, 6.07) is 0. The monoisotopic (exact) mass is 257 g/mol. The highest BCUT2D eigenvalue weighted by Gasteiger charge is 2.12. The van der Waals surface area contributed by atoms with Gasteiger partial charge in [-0.1, -0.05) is 33.1 Å². The van der Waals surface area contributed by atoms with Gasteiger partial charge in [-0.15, -0.1) is 0 Å². The van der Waals surface area contributed by atoms with Crippen LogP contribution < -0.4 is 5.32 Å². The summed E-state index contributed by atoms with van der Waals surface area (Å²) >= 11 is 0. The van der Waals surface area contributed by atoms with Crippen molar-refractivity contribution in [3.8, 4) is 0 Å². The topological polar surface area (TPSA) is 30.5 Å². The zero-order valence-electron chi connectivity index (χ0n) is 12.2. The molecule has 0 radical (unpaired) electrons. The lowest BCUT2D eigenvalue weighted by Gasteiger charge is -2.22. The lowest BCUT2D eigenvalue weighted by Crippen LogP contribution is -2.27. The van der Waals surface area contributed by atoms with E-state index >= 15 is 0 Å². The summed E-state index contributed by atoms with van der Waals surface area (Å²) in [4.78, 5) is 0. The van der Waals surface area contributed by atoms with Crippen LogP contribution in [0.5, 0.6) is 0 Å². The molecule has 1 aliphatic rings. The van der Waals surface area contributed by atoms with Gasteiger partial charge < -0.3 is 14.8 Å². The molecule has 0 saturated heterocycles. The summed E-state index contributed by atoms with van der Waals surface area (Å²) in [5, 5.41) is 3.36. The molecule has 0 atom stereocenters. The van der Waals surface area contributed by atoms with E-state index in [4.69, 9.17) is 9.47 Å². The minimum Gasteiger partial charge on any atom is -0.380 e. The molecule has 1 rings (SSSR count). The van der Waals surface area contributed by atoms with Crippen LogP contribution in [0.4, 0.5) is 0 Å². The Labute approximate surface area is 113 Å². The third-order valence-electron chi connectivity index (χ3n) is 3.45. The average Bonchev–Trinajstić information content (AvgIpc) is 2.37. The van der Waals surface area contributed by atoms with Crippen molar-refractivity contribution >= 4 is 0 Å². The molecule has 0 aromatic rings. The van der Waals surface area contributed by atoms with Crippen LogP contribution in [0.3, 0.4) is 0 Å². The van der Waals surface area contributed by atoms with E-state index in [0.717, 1.165) is 45.2 Å². The van der Waals surface area contributed by atoms with Crippen molar-refractivity contribution in [2.45, 2.75) is 58.5 Å². The van der Waals surface area contributed by atoms with E-state index in [1.165, 1.54) is 32.1 Å². The Bertz CT molecular complexity index is 179. The summed E-state index contributed by atoms with van der Waals surface area (Å²) in [6.45, 7) is 8.88. The maximum absolute atomic E-state index is 5.84. The van der Waals surface area contributed by atoms with Crippen LogP contribution in [0.2, 0.25) is 0 Å². The molecular weight excluding hydrogens is 226 g/mol. The van der Waals surface area contributed by atoms with Crippen molar-refractivity contribution < 1.29 is 9.47 Å². The van der Waals surface area contributed by atoms with Crippen LogP contribution in [-0.2, 0) is 9.47 Å². The molecule has 1 saturated carbocycles. The molecule has 0 aromatic heterocycles. The first-order chi connectivity index (χ1) is 8.79. The highest BCUT2D eigenvalue weighted by atomic mass is 16.5. The number of nitrogens with one attached hydrogen (secondary N) is 1. The van der Waals surface area contributed by atoms with Gasteiger partial charge in [-0.25, -0.2) is 0 Å². The number of hydrogen-bond acceptors (Lipinski definition) is 3. The number of rotatable bonds is 10. The van der Waals surface area contributed by atoms with E-state index in [1.807, 2.05) is 0 Å². The minimum absolute atomic E-state index is 0.530. The van der Waals surface area contributed by atoms with Crippen LogP contribution in [0.25, 0.3) is 0 Å². The van der Waals surface area contributed by atoms with Crippen molar-refractivity contribution in [1.29, 1.82) is 0 Å². The third-order valence-corrected chi connectivity index (χ3v) is 3.45. The van der Waals surface area contributed by atoms with Crippen LogP contribution in [-0.4, -0.2) is 39.0 Å². The van der Waals surface area contributed by atoms with E-state index in [2.05, 4.69) is 19.2 Å². The maximum atomic E-state index is 5.84. The third kappa shape index (κ3) is 8.90. The fourth-order valence-electron chi connectivity index (χ4n) is 2.22. The molecule has 0 aromatic carbocycles. The first kappa shape index (κ1) is 15.9. The molecule has 1 aliphatic carbocycles. The van der Waals surface area contributed by atoms with Gasteiger partial charge in [0.15, 0.2) is 0 Å². The lowest BCUT2D eigenvalue weighted by atomic mass is 9.98. The zero-order chi connectivity index (χ0) is 13.1. The molecule has 1 fully saturated rings. The van der Waals surface area contributed by atoms with Gasteiger partial charge in [0.05, 0.1) is 19.3 Å². The van der Waals surface area contributed by atoms with Gasteiger partial charge in [-0.05, 0) is 25.2 Å². The normalized spacial score (nSPS) is 17.5. The van der Waals surface area contributed by atoms with Gasteiger partial charge in [0.25, 0.3) is 0 Å². The van der Waals surface area contributed by atoms with Crippen molar-refractivity contribution in [3.05, 3.63) is 0 Å². The Balaban J connectivity index is 1.75. The molecule has 0 unspecified atom stereocenters. The van der Waals surface area contributed by atoms with Gasteiger partial charge in [0, 0.05) is 19.7 Å². The SMILES string of the molecule is CC(C)CCOCCNCCOC1CCCCC1. The highest BCUT2D eigenvalue weighted by molar-refractivity contribution is 4.65. The van der Waals surface area contributed by atoms with Gasteiger partial charge in [0.2, 0.25) is 0 Å². The molecule has 0 spiro atoms. The fourth-order valence-corrected chi connectivity index (χ4v) is 2.22. The van der Waals surface area contributed by atoms with E-state index in [-0.39, 0.29) is 0 Å². The summed E-state index contributed by atoms with van der Waals surface area (Å²) in [5.74, 6) is 0.738. The minimum atomic E-state index is 0.530. The second kappa shape index (κ2) is 10.8. The fraction of sp³-hybridized carbons (Fsp3) is 1.00. The molecule has 108 valence electrons. The number of ether oxygens (including phenoxy) is 2. The standard InChI is InChI=1S/C15H31NO2/c1-14(2)8-11-17-12-9-16-10-13-18-15-6-4-3-5-7-15/h14-16H,3-13H2,1-2H3. The Hall–Kier alpha value is -0.120. The summed E-state index contributed by atoms with van der Waals surface area (Å²) in [6.07, 6.45) is 8.31. The molecule has 0 bridgehead atoms. The van der Waals surface area contributed by atoms with E-state index < -0.39 is 0 Å². The highest BCUT2D eigenvalue weighted by Crippen LogP contribution is 2.19. The molecular formula is C15H31NO2. The Kier molecular flexibility index (Phi) is 9.54. The predicted molar refractivity (Wildman–Crippen MR) is 76.0 cm³/mol. The second-order valence-electron chi connectivity index (χ2n) is 5.68. The molecule has 0 amide bonds. The van der Waals surface area contributed by atoms with Crippen molar-refractivity contribution in [2.24, 2.45) is 5.92 Å². The van der Waals surface area contributed by atoms with Gasteiger partial charge in [-0.2, -0.15) is 0 Å². The van der Waals surface area contributed by atoms with Crippen molar-refractivity contribution in [3.63, 3.8) is 0 Å². The Morgan fingerprint density at radius 3 is 2.44 bits per heavy atom. The second-order valence-corrected chi connectivity index (χ2v) is 5.68. The van der Waals surface area contributed by atoms with E-state index in [9.17, 15) is 0 Å². The van der Waals surface area contributed by atoms with Gasteiger partial charge in [-0.3, -0.25) is 0 Å². The first-order valence-corrected chi connectivity index (χ1v) is 7.69. The molecule has 0 aliphatic heterocycles. The average molecular weight is 257 g/mol. The number of hydrogen-bond donors (Lipinski definition) is 1. The summed E-state index contributed by atoms with van der Waals surface area (Å²) in [7, 11) is 0. The molecule has 18 heavy (non-hydrogen) atoms. The van der Waals surface area contributed by atoms with E-state index in [1.54, 1.807) is 0 Å².